The Balaban J connectivity index is 1.17. The summed E-state index contributed by atoms with van der Waals surface area (Å²) in [6.07, 6.45) is 4.01. The van der Waals surface area contributed by atoms with Gasteiger partial charge in [-0.15, -0.1) is 0 Å². The summed E-state index contributed by atoms with van der Waals surface area (Å²) < 4.78 is 11.8. The quantitative estimate of drug-likeness (QED) is 0.502. The van der Waals surface area contributed by atoms with Gasteiger partial charge in [-0.05, 0) is 56.0 Å². The number of piperidine rings is 1. The Morgan fingerprint density at radius 2 is 1.48 bits per heavy atom. The number of fused-ring (bicyclic) bond motifs is 2. The van der Waals surface area contributed by atoms with E-state index in [4.69, 9.17) is 8.83 Å². The Morgan fingerprint density at radius 1 is 0.828 bits per heavy atom. The molecule has 1 aliphatic carbocycles. The molecule has 29 heavy (non-hydrogen) atoms. The van der Waals surface area contributed by atoms with E-state index in [1.807, 2.05) is 47.4 Å². The van der Waals surface area contributed by atoms with Gasteiger partial charge in [-0.3, -0.25) is 4.79 Å². The number of hydrogen-bond acceptors (Lipinski definition) is 5. The third kappa shape index (κ3) is 2.99. The summed E-state index contributed by atoms with van der Waals surface area (Å²) in [5.41, 5.74) is 3.92. The number of benzene rings is 2. The molecule has 6 heteroatoms. The van der Waals surface area contributed by atoms with Crippen molar-refractivity contribution >= 4 is 28.1 Å². The van der Waals surface area contributed by atoms with Crippen molar-refractivity contribution in [3.8, 4) is 0 Å². The number of aromatic nitrogens is 2. The van der Waals surface area contributed by atoms with Crippen molar-refractivity contribution in [2.45, 2.75) is 37.5 Å². The van der Waals surface area contributed by atoms with Crippen molar-refractivity contribution < 1.29 is 13.6 Å². The standard InChI is InChI=1S/C23H21N3O3/c27-23(16-7-8-18-20(13-16)29-21(25-18)14-5-6-14)26-11-9-15(10-12-26)22-24-17-3-1-2-4-19(17)28-22/h1-4,7-8,13-15H,5-6,9-12H2. The second-order valence-corrected chi connectivity index (χ2v) is 8.10. The Labute approximate surface area is 167 Å². The highest BCUT2D eigenvalue weighted by molar-refractivity contribution is 5.97. The van der Waals surface area contributed by atoms with Crippen LogP contribution in [0.25, 0.3) is 22.2 Å². The fourth-order valence-electron chi connectivity index (χ4n) is 4.16. The van der Waals surface area contributed by atoms with Gasteiger partial charge >= 0.3 is 0 Å². The van der Waals surface area contributed by atoms with Gasteiger partial charge in [0.15, 0.2) is 22.9 Å². The number of oxazole rings is 2. The lowest BCUT2D eigenvalue weighted by Crippen LogP contribution is -2.37. The maximum atomic E-state index is 13.0. The van der Waals surface area contributed by atoms with E-state index in [1.165, 1.54) is 0 Å². The maximum Gasteiger partial charge on any atom is 0.253 e. The first-order valence-corrected chi connectivity index (χ1v) is 10.3. The first-order valence-electron chi connectivity index (χ1n) is 10.3. The minimum Gasteiger partial charge on any atom is -0.440 e. The van der Waals surface area contributed by atoms with Crippen LogP contribution in [-0.2, 0) is 0 Å². The minimum absolute atomic E-state index is 0.0484. The molecule has 1 saturated heterocycles. The van der Waals surface area contributed by atoms with Gasteiger partial charge in [0.25, 0.3) is 5.91 Å². The Morgan fingerprint density at radius 3 is 2.21 bits per heavy atom. The molecule has 4 aromatic rings. The molecule has 0 radical (unpaired) electrons. The molecule has 6 rings (SSSR count). The van der Waals surface area contributed by atoms with Gasteiger partial charge in [-0.25, -0.2) is 9.97 Å². The highest BCUT2D eigenvalue weighted by atomic mass is 16.4. The fraction of sp³-hybridized carbons (Fsp3) is 0.348. The average Bonchev–Trinajstić information content (AvgIpc) is 3.38. The Hall–Kier alpha value is -3.15. The van der Waals surface area contributed by atoms with Crippen LogP contribution >= 0.6 is 0 Å². The van der Waals surface area contributed by atoms with Crippen molar-refractivity contribution in [1.29, 1.82) is 0 Å². The molecule has 2 aliphatic rings. The predicted octanol–water partition coefficient (Wildman–Crippen LogP) is 4.87. The summed E-state index contributed by atoms with van der Waals surface area (Å²) in [5, 5.41) is 0. The largest absolute Gasteiger partial charge is 0.440 e. The smallest absolute Gasteiger partial charge is 0.253 e. The van der Waals surface area contributed by atoms with Crippen LogP contribution in [0, 0.1) is 0 Å². The number of carbonyl (C=O) groups is 1. The van der Waals surface area contributed by atoms with Gasteiger partial charge in [0, 0.05) is 30.5 Å². The highest BCUT2D eigenvalue weighted by Gasteiger charge is 2.30. The van der Waals surface area contributed by atoms with Crippen LogP contribution in [0.5, 0.6) is 0 Å². The van der Waals surface area contributed by atoms with Gasteiger partial charge in [-0.2, -0.15) is 0 Å². The minimum atomic E-state index is 0.0484. The molecule has 0 unspecified atom stereocenters. The monoisotopic (exact) mass is 387 g/mol. The van der Waals surface area contributed by atoms with Crippen molar-refractivity contribution in [3.63, 3.8) is 0 Å². The molecule has 1 amide bonds. The Bertz CT molecular complexity index is 1180. The van der Waals surface area contributed by atoms with Gasteiger partial charge < -0.3 is 13.7 Å². The topological polar surface area (TPSA) is 72.4 Å². The van der Waals surface area contributed by atoms with E-state index in [2.05, 4.69) is 9.97 Å². The number of para-hydroxylation sites is 2. The van der Waals surface area contributed by atoms with E-state index in [0.717, 1.165) is 54.1 Å². The summed E-state index contributed by atoms with van der Waals surface area (Å²) in [6.45, 7) is 1.40. The second-order valence-electron chi connectivity index (χ2n) is 8.10. The van der Waals surface area contributed by atoms with Crippen molar-refractivity contribution in [2.24, 2.45) is 0 Å². The van der Waals surface area contributed by atoms with Crippen molar-refractivity contribution in [1.82, 2.24) is 14.9 Å². The zero-order valence-electron chi connectivity index (χ0n) is 16.0. The third-order valence-corrected chi connectivity index (χ3v) is 6.02. The number of carbonyl (C=O) groups excluding carboxylic acids is 1. The molecule has 0 N–H and O–H groups in total. The SMILES string of the molecule is O=C(c1ccc2nc(C3CC3)oc2c1)N1CCC(c2nc3ccccc3o2)CC1. The molecule has 0 bridgehead atoms. The van der Waals surface area contributed by atoms with Gasteiger partial charge in [0.2, 0.25) is 0 Å². The predicted molar refractivity (Wildman–Crippen MR) is 108 cm³/mol. The zero-order valence-corrected chi connectivity index (χ0v) is 16.0. The molecule has 3 heterocycles. The maximum absolute atomic E-state index is 13.0. The first-order chi connectivity index (χ1) is 14.2. The lowest BCUT2D eigenvalue weighted by Gasteiger charge is -2.30. The van der Waals surface area contributed by atoms with Crippen LogP contribution in [0.1, 0.15) is 59.7 Å². The normalized spacial score (nSPS) is 18.0. The number of amides is 1. The molecule has 1 saturated carbocycles. The molecule has 146 valence electrons. The summed E-state index contributed by atoms with van der Waals surface area (Å²) in [7, 11) is 0. The Kier molecular flexibility index (Phi) is 3.72. The summed E-state index contributed by atoms with van der Waals surface area (Å²) in [4.78, 5) is 24.1. The van der Waals surface area contributed by atoms with Crippen LogP contribution in [0.2, 0.25) is 0 Å². The summed E-state index contributed by atoms with van der Waals surface area (Å²) in [5.74, 6) is 2.36. The number of nitrogens with zero attached hydrogens (tertiary/aromatic N) is 3. The molecule has 0 atom stereocenters. The van der Waals surface area contributed by atoms with Crippen LogP contribution in [-0.4, -0.2) is 33.9 Å². The second kappa shape index (κ2) is 6.44. The van der Waals surface area contributed by atoms with Gasteiger partial charge in [0.1, 0.15) is 11.0 Å². The molecular weight excluding hydrogens is 366 g/mol. The van der Waals surface area contributed by atoms with Crippen LogP contribution in [0.15, 0.2) is 51.3 Å². The third-order valence-electron chi connectivity index (χ3n) is 6.02. The van der Waals surface area contributed by atoms with E-state index >= 15 is 0 Å². The van der Waals surface area contributed by atoms with Crippen molar-refractivity contribution in [2.75, 3.05) is 13.1 Å². The molecule has 2 fully saturated rings. The molecular formula is C23H21N3O3. The van der Waals surface area contributed by atoms with Gasteiger partial charge in [-0.1, -0.05) is 12.1 Å². The van der Waals surface area contributed by atoms with E-state index in [1.54, 1.807) is 0 Å². The average molecular weight is 387 g/mol. The highest BCUT2D eigenvalue weighted by Crippen LogP contribution is 2.40. The molecule has 6 nitrogen and oxygen atoms in total. The van der Waals surface area contributed by atoms with Crippen molar-refractivity contribution in [3.05, 3.63) is 59.8 Å². The molecule has 2 aromatic carbocycles. The summed E-state index contributed by atoms with van der Waals surface area (Å²) >= 11 is 0. The zero-order chi connectivity index (χ0) is 19.4. The number of hydrogen-bond donors (Lipinski definition) is 0. The lowest BCUT2D eigenvalue weighted by molar-refractivity contribution is 0.0707. The lowest BCUT2D eigenvalue weighted by atomic mass is 9.96. The van der Waals surface area contributed by atoms with E-state index < -0.39 is 0 Å². The number of rotatable bonds is 3. The molecule has 2 aromatic heterocycles. The van der Waals surface area contributed by atoms with Crippen LogP contribution in [0.4, 0.5) is 0 Å². The van der Waals surface area contributed by atoms with Gasteiger partial charge in [0.05, 0.1) is 0 Å². The molecule has 0 spiro atoms. The van der Waals surface area contributed by atoms with Crippen LogP contribution in [0.3, 0.4) is 0 Å². The number of likely N-dealkylation sites (tertiary alicyclic amines) is 1. The summed E-state index contributed by atoms with van der Waals surface area (Å²) in [6, 6.07) is 13.4. The van der Waals surface area contributed by atoms with E-state index in [0.29, 0.717) is 30.2 Å². The van der Waals surface area contributed by atoms with Crippen LogP contribution < -0.4 is 0 Å². The van der Waals surface area contributed by atoms with E-state index in [9.17, 15) is 4.79 Å². The van der Waals surface area contributed by atoms with E-state index in [-0.39, 0.29) is 11.8 Å². The fourth-order valence-corrected chi connectivity index (χ4v) is 4.16. The molecule has 1 aliphatic heterocycles. The first kappa shape index (κ1) is 16.8.